The molecule has 4 nitrogen and oxygen atoms in total. The van der Waals surface area contributed by atoms with Crippen LogP contribution in [0.1, 0.15) is 12.0 Å². The quantitative estimate of drug-likeness (QED) is 0.774. The van der Waals surface area contributed by atoms with Crippen LogP contribution in [0.5, 0.6) is 5.75 Å². The third kappa shape index (κ3) is 5.84. The van der Waals surface area contributed by atoms with Gasteiger partial charge in [-0.2, -0.15) is 0 Å². The second-order valence-corrected chi connectivity index (χ2v) is 7.29. The van der Waals surface area contributed by atoms with E-state index in [0.29, 0.717) is 19.6 Å². The Bertz CT molecular complexity index is 488. The van der Waals surface area contributed by atoms with E-state index in [1.807, 2.05) is 25.2 Å². The molecule has 0 heterocycles. The van der Waals surface area contributed by atoms with Crippen molar-refractivity contribution in [2.45, 2.75) is 13.0 Å². The van der Waals surface area contributed by atoms with Crippen molar-refractivity contribution in [1.29, 1.82) is 0 Å². The second kappa shape index (κ2) is 7.11. The Kier molecular flexibility index (Phi) is 6.11. The molecular weight excluding hydrogens is 318 g/mol. The van der Waals surface area contributed by atoms with Crippen molar-refractivity contribution in [2.75, 3.05) is 25.7 Å². The van der Waals surface area contributed by atoms with Crippen LogP contribution in [0, 0.1) is 0 Å². The number of rotatable bonds is 7. The molecule has 102 valence electrons. The summed E-state index contributed by atoms with van der Waals surface area (Å²) in [6, 6.07) is 5.78. The van der Waals surface area contributed by atoms with E-state index in [9.17, 15) is 8.42 Å². The molecule has 1 aromatic carbocycles. The number of nitrogens with one attached hydrogen (secondary N) is 1. The number of halogens is 1. The van der Waals surface area contributed by atoms with Crippen molar-refractivity contribution in [3.05, 3.63) is 28.2 Å². The van der Waals surface area contributed by atoms with Gasteiger partial charge in [0.15, 0.2) is 0 Å². The molecule has 0 aromatic heterocycles. The standard InChI is InChI=1S/C12H18BrNO3S/c1-14-9-10-8-11(13)4-5-12(10)17-6-3-7-18(2,15)16/h4-5,8,14H,3,6-7,9H2,1-2H3. The fourth-order valence-corrected chi connectivity index (χ4v) is 2.57. The van der Waals surface area contributed by atoms with E-state index in [1.54, 1.807) is 0 Å². The van der Waals surface area contributed by atoms with E-state index in [2.05, 4.69) is 21.2 Å². The predicted molar refractivity (Wildman–Crippen MR) is 76.7 cm³/mol. The highest BCUT2D eigenvalue weighted by Gasteiger charge is 2.05. The van der Waals surface area contributed by atoms with Crippen molar-refractivity contribution in [3.63, 3.8) is 0 Å². The summed E-state index contributed by atoms with van der Waals surface area (Å²) in [7, 11) is -1.04. The molecule has 6 heteroatoms. The lowest BCUT2D eigenvalue weighted by molar-refractivity contribution is 0.314. The Morgan fingerprint density at radius 1 is 1.39 bits per heavy atom. The van der Waals surface area contributed by atoms with Crippen LogP contribution in [0.25, 0.3) is 0 Å². The van der Waals surface area contributed by atoms with Crippen LogP contribution in [0.2, 0.25) is 0 Å². The zero-order chi connectivity index (χ0) is 13.6. The molecule has 18 heavy (non-hydrogen) atoms. The molecule has 0 unspecified atom stereocenters. The zero-order valence-electron chi connectivity index (χ0n) is 10.6. The van der Waals surface area contributed by atoms with Gasteiger partial charge in [-0.25, -0.2) is 8.42 Å². The lowest BCUT2D eigenvalue weighted by Gasteiger charge is -2.11. The van der Waals surface area contributed by atoms with Crippen LogP contribution < -0.4 is 10.1 Å². The average molecular weight is 336 g/mol. The summed E-state index contributed by atoms with van der Waals surface area (Å²) >= 11 is 3.41. The van der Waals surface area contributed by atoms with Gasteiger partial charge < -0.3 is 10.1 Å². The highest BCUT2D eigenvalue weighted by molar-refractivity contribution is 9.10. The number of hydrogen-bond donors (Lipinski definition) is 1. The highest BCUT2D eigenvalue weighted by Crippen LogP contribution is 2.23. The summed E-state index contributed by atoms with van der Waals surface area (Å²) < 4.78 is 28.6. The summed E-state index contributed by atoms with van der Waals surface area (Å²) in [4.78, 5) is 0. The third-order valence-electron chi connectivity index (χ3n) is 2.31. The number of benzene rings is 1. The topological polar surface area (TPSA) is 55.4 Å². The fourth-order valence-electron chi connectivity index (χ4n) is 1.52. The minimum Gasteiger partial charge on any atom is -0.493 e. The molecule has 0 aliphatic rings. The van der Waals surface area contributed by atoms with Gasteiger partial charge in [-0.3, -0.25) is 0 Å². The van der Waals surface area contributed by atoms with Crippen molar-refractivity contribution in [2.24, 2.45) is 0 Å². The molecule has 0 saturated heterocycles. The van der Waals surface area contributed by atoms with Crippen molar-refractivity contribution < 1.29 is 13.2 Å². The summed E-state index contributed by atoms with van der Waals surface area (Å²) in [5.74, 6) is 0.950. The largest absolute Gasteiger partial charge is 0.493 e. The van der Waals surface area contributed by atoms with Gasteiger partial charge in [0.05, 0.1) is 12.4 Å². The van der Waals surface area contributed by atoms with Crippen LogP contribution in [-0.2, 0) is 16.4 Å². The number of sulfone groups is 1. The van der Waals surface area contributed by atoms with E-state index < -0.39 is 9.84 Å². The fraction of sp³-hybridized carbons (Fsp3) is 0.500. The van der Waals surface area contributed by atoms with Gasteiger partial charge in [-0.05, 0) is 31.7 Å². The lowest BCUT2D eigenvalue weighted by Crippen LogP contribution is -2.10. The van der Waals surface area contributed by atoms with Crippen LogP contribution in [0.4, 0.5) is 0 Å². The Morgan fingerprint density at radius 2 is 2.11 bits per heavy atom. The molecule has 0 aliphatic heterocycles. The first-order valence-electron chi connectivity index (χ1n) is 5.66. The Balaban J connectivity index is 2.56. The maximum atomic E-state index is 11.0. The molecule has 0 radical (unpaired) electrons. The van der Waals surface area contributed by atoms with Crippen LogP contribution in [0.3, 0.4) is 0 Å². The minimum atomic E-state index is -2.91. The Morgan fingerprint density at radius 3 is 2.72 bits per heavy atom. The maximum Gasteiger partial charge on any atom is 0.147 e. The average Bonchev–Trinajstić information content (AvgIpc) is 2.26. The normalized spacial score (nSPS) is 11.5. The predicted octanol–water partition coefficient (Wildman–Crippen LogP) is 1.98. The molecule has 0 spiro atoms. The number of hydrogen-bond acceptors (Lipinski definition) is 4. The summed E-state index contributed by atoms with van der Waals surface area (Å²) in [6.45, 7) is 1.12. The molecule has 1 rings (SSSR count). The van der Waals surface area contributed by atoms with Gasteiger partial charge in [0, 0.05) is 22.8 Å². The van der Waals surface area contributed by atoms with Crippen molar-refractivity contribution in [1.82, 2.24) is 5.32 Å². The minimum absolute atomic E-state index is 0.158. The van der Waals surface area contributed by atoms with E-state index in [-0.39, 0.29) is 5.75 Å². The smallest absolute Gasteiger partial charge is 0.147 e. The molecule has 1 N–H and O–H groups in total. The van der Waals surface area contributed by atoms with Gasteiger partial charge >= 0.3 is 0 Å². The number of ether oxygens (including phenoxy) is 1. The summed E-state index contributed by atoms with van der Waals surface area (Å²) in [6.07, 6.45) is 1.74. The van der Waals surface area contributed by atoms with E-state index in [0.717, 1.165) is 15.8 Å². The zero-order valence-corrected chi connectivity index (χ0v) is 13.0. The SMILES string of the molecule is CNCc1cc(Br)ccc1OCCCS(C)(=O)=O. The van der Waals surface area contributed by atoms with Gasteiger partial charge in [0.2, 0.25) is 0 Å². The van der Waals surface area contributed by atoms with Crippen molar-refractivity contribution in [3.8, 4) is 5.75 Å². The molecule has 1 aromatic rings. The molecule has 0 bridgehead atoms. The molecule has 0 aliphatic carbocycles. The molecule has 0 atom stereocenters. The van der Waals surface area contributed by atoms with Gasteiger partial charge in [0.25, 0.3) is 0 Å². The monoisotopic (exact) mass is 335 g/mol. The molecule has 0 amide bonds. The van der Waals surface area contributed by atoms with Crippen molar-refractivity contribution >= 4 is 25.8 Å². The van der Waals surface area contributed by atoms with E-state index in [1.165, 1.54) is 6.26 Å². The van der Waals surface area contributed by atoms with Gasteiger partial charge in [-0.1, -0.05) is 15.9 Å². The van der Waals surface area contributed by atoms with Gasteiger partial charge in [-0.15, -0.1) is 0 Å². The van der Waals surface area contributed by atoms with Crippen LogP contribution in [-0.4, -0.2) is 34.1 Å². The highest BCUT2D eigenvalue weighted by atomic mass is 79.9. The first kappa shape index (κ1) is 15.5. The van der Waals surface area contributed by atoms with Gasteiger partial charge in [0.1, 0.15) is 15.6 Å². The summed E-state index contributed by atoms with van der Waals surface area (Å²) in [5.41, 5.74) is 1.05. The first-order valence-corrected chi connectivity index (χ1v) is 8.51. The Labute approximate surface area is 117 Å². The van der Waals surface area contributed by atoms with Crippen LogP contribution in [0.15, 0.2) is 22.7 Å². The lowest BCUT2D eigenvalue weighted by atomic mass is 10.2. The van der Waals surface area contributed by atoms with E-state index in [4.69, 9.17) is 4.74 Å². The molecular formula is C12H18BrNO3S. The second-order valence-electron chi connectivity index (χ2n) is 4.11. The molecule has 0 saturated carbocycles. The molecule has 0 fully saturated rings. The maximum absolute atomic E-state index is 11.0. The Hall–Kier alpha value is -0.590. The van der Waals surface area contributed by atoms with E-state index >= 15 is 0 Å². The third-order valence-corrected chi connectivity index (χ3v) is 3.83. The summed E-state index contributed by atoms with van der Waals surface area (Å²) in [5, 5.41) is 3.07. The van der Waals surface area contributed by atoms with Crippen LogP contribution >= 0.6 is 15.9 Å². The first-order chi connectivity index (χ1) is 8.42.